The molecule has 0 saturated carbocycles. The van der Waals surface area contributed by atoms with Crippen LogP contribution in [0, 0.1) is 10.1 Å². The lowest BCUT2D eigenvalue weighted by atomic mass is 10.2. The van der Waals surface area contributed by atoms with Crippen LogP contribution in [0.2, 0.25) is 5.02 Å². The lowest BCUT2D eigenvalue weighted by Gasteiger charge is -2.06. The lowest BCUT2D eigenvalue weighted by molar-refractivity contribution is -0.384. The maximum atomic E-state index is 10.6. The van der Waals surface area contributed by atoms with Crippen molar-refractivity contribution in [2.24, 2.45) is 0 Å². The molecule has 0 amide bonds. The van der Waals surface area contributed by atoms with Crippen molar-refractivity contribution >= 4 is 28.6 Å². The van der Waals surface area contributed by atoms with Crippen molar-refractivity contribution in [2.45, 2.75) is 13.0 Å². The van der Waals surface area contributed by atoms with E-state index in [9.17, 15) is 10.1 Å². The van der Waals surface area contributed by atoms with Crippen LogP contribution in [0.5, 0.6) is 0 Å². The second-order valence-corrected chi connectivity index (χ2v) is 5.48. The van der Waals surface area contributed by atoms with Crippen molar-refractivity contribution in [3.05, 3.63) is 61.3 Å². The average Bonchev–Trinajstić information content (AvgIpc) is 2.89. The van der Waals surface area contributed by atoms with Crippen LogP contribution in [0.3, 0.4) is 0 Å². The molecule has 0 radical (unpaired) electrons. The van der Waals surface area contributed by atoms with Crippen molar-refractivity contribution in [1.82, 2.24) is 5.32 Å². The highest BCUT2D eigenvalue weighted by molar-refractivity contribution is 7.09. The fourth-order valence-electron chi connectivity index (χ4n) is 1.68. The van der Waals surface area contributed by atoms with E-state index in [1.54, 1.807) is 17.4 Å². The summed E-state index contributed by atoms with van der Waals surface area (Å²) >= 11 is 7.75. The highest BCUT2D eigenvalue weighted by atomic mass is 35.5. The maximum absolute atomic E-state index is 10.6. The molecule has 1 N–H and O–H groups in total. The van der Waals surface area contributed by atoms with E-state index in [1.165, 1.54) is 17.0 Å². The van der Waals surface area contributed by atoms with Crippen molar-refractivity contribution < 1.29 is 4.92 Å². The molecule has 1 aromatic carbocycles. The van der Waals surface area contributed by atoms with Gasteiger partial charge in [0, 0.05) is 30.1 Å². The van der Waals surface area contributed by atoms with Gasteiger partial charge in [-0.25, -0.2) is 0 Å². The van der Waals surface area contributed by atoms with Gasteiger partial charge in [-0.2, -0.15) is 0 Å². The summed E-state index contributed by atoms with van der Waals surface area (Å²) in [6.07, 6.45) is 0.974. The summed E-state index contributed by atoms with van der Waals surface area (Å²) < 4.78 is 0. The van der Waals surface area contributed by atoms with E-state index in [-0.39, 0.29) is 5.69 Å². The molecule has 0 aliphatic rings. The Labute approximate surface area is 120 Å². The minimum atomic E-state index is -0.445. The van der Waals surface area contributed by atoms with E-state index in [1.807, 2.05) is 6.07 Å². The smallest absolute Gasteiger partial charge is 0.270 e. The van der Waals surface area contributed by atoms with Gasteiger partial charge in [0.15, 0.2) is 0 Å². The summed E-state index contributed by atoms with van der Waals surface area (Å²) in [4.78, 5) is 11.5. The number of nitro benzene ring substituents is 1. The van der Waals surface area contributed by atoms with Crippen molar-refractivity contribution in [3.8, 4) is 0 Å². The van der Waals surface area contributed by atoms with Gasteiger partial charge in [0.1, 0.15) is 0 Å². The Balaban J connectivity index is 1.84. The number of non-ortho nitro benzene ring substituents is 1. The minimum absolute atomic E-state index is 0.0207. The molecule has 0 aliphatic carbocycles. The fraction of sp³-hybridized carbons (Fsp3) is 0.231. The number of thiophene rings is 1. The van der Waals surface area contributed by atoms with Crippen LogP contribution in [0.25, 0.3) is 0 Å². The first kappa shape index (κ1) is 14.0. The molecule has 1 aromatic heterocycles. The molecule has 1 heterocycles. The zero-order valence-corrected chi connectivity index (χ0v) is 11.7. The van der Waals surface area contributed by atoms with Gasteiger partial charge in [-0.15, -0.1) is 11.3 Å². The molecule has 6 heteroatoms. The molecule has 0 bridgehead atoms. The number of nitrogens with one attached hydrogen (secondary N) is 1. The topological polar surface area (TPSA) is 55.2 Å². The predicted molar refractivity (Wildman–Crippen MR) is 77.8 cm³/mol. The molecule has 0 aliphatic heterocycles. The van der Waals surface area contributed by atoms with Gasteiger partial charge in [0.05, 0.1) is 9.95 Å². The monoisotopic (exact) mass is 296 g/mol. The Kier molecular flexibility index (Phi) is 4.90. The van der Waals surface area contributed by atoms with E-state index in [2.05, 4.69) is 16.8 Å². The second kappa shape index (κ2) is 6.65. The third kappa shape index (κ3) is 4.02. The third-order valence-electron chi connectivity index (χ3n) is 2.69. The lowest BCUT2D eigenvalue weighted by Crippen LogP contribution is -2.16. The third-order valence-corrected chi connectivity index (χ3v) is 3.98. The van der Waals surface area contributed by atoms with Crippen LogP contribution in [-0.4, -0.2) is 11.5 Å². The summed E-state index contributed by atoms with van der Waals surface area (Å²) in [7, 11) is 0. The zero-order valence-electron chi connectivity index (χ0n) is 10.1. The van der Waals surface area contributed by atoms with E-state index < -0.39 is 4.92 Å². The van der Waals surface area contributed by atoms with Crippen LogP contribution in [0.15, 0.2) is 35.7 Å². The molecular weight excluding hydrogens is 284 g/mol. The number of nitro groups is 1. The van der Waals surface area contributed by atoms with Gasteiger partial charge in [0.25, 0.3) is 5.69 Å². The Morgan fingerprint density at radius 3 is 2.84 bits per heavy atom. The summed E-state index contributed by atoms with van der Waals surface area (Å²) in [6.45, 7) is 1.47. The first-order chi connectivity index (χ1) is 9.16. The highest BCUT2D eigenvalue weighted by Crippen LogP contribution is 2.22. The second-order valence-electron chi connectivity index (χ2n) is 4.04. The van der Waals surface area contributed by atoms with Gasteiger partial charge in [-0.3, -0.25) is 10.1 Å². The number of hydrogen-bond acceptors (Lipinski definition) is 4. The molecule has 19 heavy (non-hydrogen) atoms. The highest BCUT2D eigenvalue weighted by Gasteiger charge is 2.08. The van der Waals surface area contributed by atoms with Crippen LogP contribution in [-0.2, 0) is 13.0 Å². The maximum Gasteiger partial charge on any atom is 0.270 e. The van der Waals surface area contributed by atoms with Crippen LogP contribution >= 0.6 is 22.9 Å². The van der Waals surface area contributed by atoms with Gasteiger partial charge in [-0.1, -0.05) is 17.7 Å². The molecule has 0 spiro atoms. The molecule has 2 aromatic rings. The first-order valence-electron chi connectivity index (χ1n) is 5.83. The zero-order chi connectivity index (χ0) is 13.7. The van der Waals surface area contributed by atoms with Crippen LogP contribution in [0.4, 0.5) is 5.69 Å². The molecule has 0 atom stereocenters. The molecule has 0 unspecified atom stereocenters. The number of nitrogens with zero attached hydrogens (tertiary/aromatic N) is 1. The van der Waals surface area contributed by atoms with Gasteiger partial charge in [0.2, 0.25) is 0 Å². The Hall–Kier alpha value is -1.43. The van der Waals surface area contributed by atoms with Crippen LogP contribution < -0.4 is 5.32 Å². The molecular formula is C13H13ClN2O2S. The average molecular weight is 297 g/mol. The Bertz CT molecular complexity index is 558. The van der Waals surface area contributed by atoms with Gasteiger partial charge < -0.3 is 5.32 Å². The summed E-state index contributed by atoms with van der Waals surface area (Å²) in [5, 5.41) is 16.4. The summed E-state index contributed by atoms with van der Waals surface area (Å²) in [6, 6.07) is 8.69. The minimum Gasteiger partial charge on any atom is -0.312 e. The number of hydrogen-bond donors (Lipinski definition) is 1. The van der Waals surface area contributed by atoms with Gasteiger partial charge >= 0.3 is 0 Å². The van der Waals surface area contributed by atoms with E-state index in [0.717, 1.165) is 18.5 Å². The fourth-order valence-corrected chi connectivity index (χ4v) is 2.63. The summed E-state index contributed by atoms with van der Waals surface area (Å²) in [5.41, 5.74) is 0.894. The predicted octanol–water partition coefficient (Wildman–Crippen LogP) is 3.64. The first-order valence-corrected chi connectivity index (χ1v) is 7.08. The van der Waals surface area contributed by atoms with E-state index in [4.69, 9.17) is 11.6 Å². The normalized spacial score (nSPS) is 10.6. The number of rotatable bonds is 6. The quantitative estimate of drug-likeness (QED) is 0.503. The van der Waals surface area contributed by atoms with Crippen molar-refractivity contribution in [1.29, 1.82) is 0 Å². The van der Waals surface area contributed by atoms with E-state index in [0.29, 0.717) is 11.6 Å². The molecule has 0 fully saturated rings. The molecule has 4 nitrogen and oxygen atoms in total. The van der Waals surface area contributed by atoms with Crippen molar-refractivity contribution in [3.63, 3.8) is 0 Å². The Morgan fingerprint density at radius 2 is 2.21 bits per heavy atom. The van der Waals surface area contributed by atoms with Gasteiger partial charge in [-0.05, 0) is 29.5 Å². The molecule has 100 valence electrons. The van der Waals surface area contributed by atoms with Crippen LogP contribution in [0.1, 0.15) is 10.4 Å². The van der Waals surface area contributed by atoms with E-state index >= 15 is 0 Å². The SMILES string of the molecule is O=[N+]([O-])c1ccc(CNCCc2cccs2)c(Cl)c1. The standard InChI is InChI=1S/C13H13ClN2O2S/c14-13-8-11(16(17)18)4-3-10(13)9-15-6-5-12-2-1-7-19-12/h1-4,7-8,15H,5-6,9H2. The largest absolute Gasteiger partial charge is 0.312 e. The number of halogens is 1. The Morgan fingerprint density at radius 1 is 1.37 bits per heavy atom. The number of benzene rings is 1. The summed E-state index contributed by atoms with van der Waals surface area (Å²) in [5.74, 6) is 0. The molecule has 2 rings (SSSR count). The van der Waals surface area contributed by atoms with Crippen molar-refractivity contribution in [2.75, 3.05) is 6.54 Å². The molecule has 0 saturated heterocycles.